The van der Waals surface area contributed by atoms with E-state index in [1.807, 2.05) is 0 Å². The number of aryl methyl sites for hydroxylation is 2. The highest BCUT2D eigenvalue weighted by Crippen LogP contribution is 2.46. The molecule has 1 fully saturated rings. The van der Waals surface area contributed by atoms with Gasteiger partial charge in [0.15, 0.2) is 7.28 Å². The molecule has 226 valence electrons. The second-order valence-electron chi connectivity index (χ2n) is 13.8. The van der Waals surface area contributed by atoms with E-state index in [0.29, 0.717) is 11.7 Å². The molecule has 1 aliphatic heterocycles. The van der Waals surface area contributed by atoms with Crippen molar-refractivity contribution in [2.75, 3.05) is 0 Å². The lowest BCUT2D eigenvalue weighted by Crippen LogP contribution is -2.26. The summed E-state index contributed by atoms with van der Waals surface area (Å²) in [5, 5.41) is 1.33. The highest BCUT2D eigenvalue weighted by Gasteiger charge is 2.28. The molecule has 4 aromatic rings. The molecule has 1 atom stereocenters. The summed E-state index contributed by atoms with van der Waals surface area (Å²) in [7, 11) is 1.04. The zero-order chi connectivity index (χ0) is 31.2. The van der Waals surface area contributed by atoms with Crippen molar-refractivity contribution in [3.05, 3.63) is 130 Å². The summed E-state index contributed by atoms with van der Waals surface area (Å²) >= 11 is 0. The summed E-state index contributed by atoms with van der Waals surface area (Å²) in [5.74, 6) is 1.21. The Hall–Kier alpha value is -4.04. The SMILES string of the molecule is CCC1Bc2c(cc(C)cc2-c2cccc3c(C)c(-c4ccccc4C4CC4)[nH]c23)C(/C(C)=C(\C)C2=C(C)CCC=C2)=C\C=C/1. The van der Waals surface area contributed by atoms with E-state index >= 15 is 0 Å². The topological polar surface area (TPSA) is 15.8 Å². The molecule has 0 spiro atoms. The zero-order valence-corrected chi connectivity index (χ0v) is 28.0. The van der Waals surface area contributed by atoms with Crippen LogP contribution in [0.5, 0.6) is 0 Å². The van der Waals surface area contributed by atoms with Crippen LogP contribution in [0.25, 0.3) is 38.9 Å². The van der Waals surface area contributed by atoms with Gasteiger partial charge in [0.25, 0.3) is 0 Å². The van der Waals surface area contributed by atoms with Crippen LogP contribution in [0, 0.1) is 13.8 Å². The molecule has 0 radical (unpaired) electrons. The molecule has 0 amide bonds. The van der Waals surface area contributed by atoms with Gasteiger partial charge in [-0.1, -0.05) is 109 Å². The summed E-state index contributed by atoms with van der Waals surface area (Å²) in [5.41, 5.74) is 20.7. The number of fused-ring (bicyclic) bond motifs is 2. The first kappa shape index (κ1) is 29.7. The number of nitrogens with one attached hydrogen (secondary N) is 1. The number of hydrogen-bond donors (Lipinski definition) is 1. The van der Waals surface area contributed by atoms with E-state index in [-0.39, 0.29) is 0 Å². The monoisotopic (exact) mass is 587 g/mol. The molecule has 1 N–H and O–H groups in total. The molecule has 0 saturated heterocycles. The molecule has 1 saturated carbocycles. The Kier molecular flexibility index (Phi) is 7.94. The Balaban J connectivity index is 1.44. The zero-order valence-electron chi connectivity index (χ0n) is 28.0. The van der Waals surface area contributed by atoms with Crippen molar-refractivity contribution in [3.63, 3.8) is 0 Å². The van der Waals surface area contributed by atoms with Crippen LogP contribution < -0.4 is 5.46 Å². The summed E-state index contributed by atoms with van der Waals surface area (Å²) in [4.78, 5) is 4.00. The van der Waals surface area contributed by atoms with Crippen molar-refractivity contribution in [1.82, 2.24) is 4.98 Å². The van der Waals surface area contributed by atoms with Gasteiger partial charge in [-0.2, -0.15) is 0 Å². The molecule has 1 nitrogen and oxygen atoms in total. The van der Waals surface area contributed by atoms with E-state index < -0.39 is 0 Å². The van der Waals surface area contributed by atoms with E-state index in [1.54, 1.807) is 0 Å². The number of hydrogen-bond acceptors (Lipinski definition) is 0. The molecule has 1 unspecified atom stereocenters. The average Bonchev–Trinajstić information content (AvgIpc) is 3.84. The maximum Gasteiger partial charge on any atom is 0.166 e. The van der Waals surface area contributed by atoms with E-state index in [2.05, 4.69) is 132 Å². The number of allylic oxidation sites excluding steroid dienone is 10. The number of rotatable bonds is 6. The third-order valence-corrected chi connectivity index (χ3v) is 10.8. The lowest BCUT2D eigenvalue weighted by atomic mass is 9.53. The van der Waals surface area contributed by atoms with Crippen LogP contribution in [0.1, 0.15) is 88.0 Å². The van der Waals surface area contributed by atoms with Crippen molar-refractivity contribution >= 4 is 29.2 Å². The highest BCUT2D eigenvalue weighted by atomic mass is 14.7. The summed E-state index contributed by atoms with van der Waals surface area (Å²) in [6.45, 7) is 13.9. The van der Waals surface area contributed by atoms with E-state index in [4.69, 9.17) is 0 Å². The fraction of sp³-hybridized carbons (Fsp3) is 0.302. The number of aromatic nitrogens is 1. The molecule has 1 aromatic heterocycles. The van der Waals surface area contributed by atoms with Gasteiger partial charge in [-0.3, -0.25) is 0 Å². The average molecular weight is 588 g/mol. The Labute approximate surface area is 270 Å². The van der Waals surface area contributed by atoms with Crippen molar-refractivity contribution in [3.8, 4) is 22.4 Å². The standard InChI is InChI=1S/C43H46BN/c1-7-32-15-12-19-34(29(5)28(4)33-16-9-8-14-27(33)3)39-24-26(2)25-40(41(39)44-32)38-21-13-20-35-30(6)42(45-43(35)38)37-18-11-10-17-36(37)31-22-23-31/h9-13,15-21,24-25,31-32,44-45H,7-8,14,22-23H2,1-6H3/b15-12-,29-28+,34-19-. The predicted molar refractivity (Wildman–Crippen MR) is 198 cm³/mol. The third kappa shape index (κ3) is 5.43. The van der Waals surface area contributed by atoms with Gasteiger partial charge in [0.2, 0.25) is 0 Å². The fourth-order valence-corrected chi connectivity index (χ4v) is 7.80. The molecule has 45 heavy (non-hydrogen) atoms. The minimum Gasteiger partial charge on any atom is -0.354 e. The Morgan fingerprint density at radius 3 is 2.44 bits per heavy atom. The first-order chi connectivity index (χ1) is 21.9. The van der Waals surface area contributed by atoms with Crippen LogP contribution >= 0.6 is 0 Å². The van der Waals surface area contributed by atoms with Gasteiger partial charge in [-0.15, -0.1) is 0 Å². The molecule has 0 bridgehead atoms. The van der Waals surface area contributed by atoms with Gasteiger partial charge < -0.3 is 4.98 Å². The van der Waals surface area contributed by atoms with Gasteiger partial charge in [0, 0.05) is 22.2 Å². The first-order valence-corrected chi connectivity index (χ1v) is 17.1. The van der Waals surface area contributed by atoms with E-state index in [9.17, 15) is 0 Å². The largest absolute Gasteiger partial charge is 0.354 e. The molecule has 7 rings (SSSR count). The second-order valence-corrected chi connectivity index (χ2v) is 13.8. The normalized spacial score (nSPS) is 20.6. The fourth-order valence-electron chi connectivity index (χ4n) is 7.80. The van der Waals surface area contributed by atoms with E-state index in [0.717, 1.165) is 26.5 Å². The Morgan fingerprint density at radius 1 is 0.889 bits per heavy atom. The maximum absolute atomic E-state index is 4.00. The third-order valence-electron chi connectivity index (χ3n) is 10.8. The van der Waals surface area contributed by atoms with Crippen molar-refractivity contribution in [1.29, 1.82) is 0 Å². The summed E-state index contributed by atoms with van der Waals surface area (Å²) < 4.78 is 0. The second kappa shape index (κ2) is 12.0. The van der Waals surface area contributed by atoms with Crippen LogP contribution in [0.15, 0.2) is 107 Å². The van der Waals surface area contributed by atoms with Crippen LogP contribution in [0.2, 0.25) is 5.82 Å². The number of para-hydroxylation sites is 1. The van der Waals surface area contributed by atoms with Crippen molar-refractivity contribution < 1.29 is 0 Å². The number of H-pyrrole nitrogens is 1. The quantitative estimate of drug-likeness (QED) is 0.216. The van der Waals surface area contributed by atoms with Gasteiger partial charge in [-0.05, 0) is 122 Å². The minimum absolute atomic E-state index is 0.505. The number of aromatic amines is 1. The highest BCUT2D eigenvalue weighted by molar-refractivity contribution is 6.59. The molecule has 2 heterocycles. The van der Waals surface area contributed by atoms with Gasteiger partial charge >= 0.3 is 0 Å². The summed E-state index contributed by atoms with van der Waals surface area (Å²) in [6.07, 6.45) is 17.9. The Morgan fingerprint density at radius 2 is 1.67 bits per heavy atom. The molecule has 2 heteroatoms. The summed E-state index contributed by atoms with van der Waals surface area (Å²) in [6, 6.07) is 20.9. The van der Waals surface area contributed by atoms with E-state index in [1.165, 1.54) is 102 Å². The predicted octanol–water partition coefficient (Wildman–Crippen LogP) is 11.2. The minimum atomic E-state index is 0.505. The van der Waals surface area contributed by atoms with Gasteiger partial charge in [0.1, 0.15) is 0 Å². The lowest BCUT2D eigenvalue weighted by Gasteiger charge is -2.25. The lowest BCUT2D eigenvalue weighted by molar-refractivity contribution is 0.940. The van der Waals surface area contributed by atoms with Crippen LogP contribution in [-0.4, -0.2) is 12.3 Å². The number of benzene rings is 3. The molecular formula is C43H46BN. The Bertz CT molecular complexity index is 1970. The molecule has 3 aromatic carbocycles. The van der Waals surface area contributed by atoms with Crippen LogP contribution in [-0.2, 0) is 0 Å². The van der Waals surface area contributed by atoms with Gasteiger partial charge in [-0.25, -0.2) is 0 Å². The van der Waals surface area contributed by atoms with Crippen LogP contribution in [0.3, 0.4) is 0 Å². The van der Waals surface area contributed by atoms with Crippen molar-refractivity contribution in [2.24, 2.45) is 0 Å². The van der Waals surface area contributed by atoms with Crippen molar-refractivity contribution in [2.45, 2.75) is 85.4 Å². The molecule has 2 aliphatic carbocycles. The molecule has 3 aliphatic rings. The van der Waals surface area contributed by atoms with Crippen LogP contribution in [0.4, 0.5) is 0 Å². The maximum atomic E-state index is 4.00. The smallest absolute Gasteiger partial charge is 0.166 e. The van der Waals surface area contributed by atoms with Gasteiger partial charge in [0.05, 0.1) is 5.52 Å². The molecular weight excluding hydrogens is 541 g/mol. The first-order valence-electron chi connectivity index (χ1n) is 17.1.